The van der Waals surface area contributed by atoms with Gasteiger partial charge in [-0.25, -0.2) is 13.7 Å². The first-order chi connectivity index (χ1) is 14.2. The molecule has 6 heteroatoms. The molecular weight excluding hydrogens is 380 g/mol. The van der Waals surface area contributed by atoms with Gasteiger partial charge in [0.25, 0.3) is 0 Å². The third kappa shape index (κ3) is 6.21. The summed E-state index contributed by atoms with van der Waals surface area (Å²) in [5.74, 6) is 1.10. The van der Waals surface area contributed by atoms with Crippen molar-refractivity contribution >= 4 is 29.6 Å². The Bertz CT molecular complexity index is 915. The van der Waals surface area contributed by atoms with Crippen LogP contribution in [0.2, 0.25) is 0 Å². The van der Waals surface area contributed by atoms with Gasteiger partial charge in [0, 0.05) is 36.5 Å². The monoisotopic (exact) mass is 410 g/mol. The lowest BCUT2D eigenvalue weighted by Crippen LogP contribution is -2.33. The Labute approximate surface area is 177 Å². The maximum absolute atomic E-state index is 9.02. The minimum Gasteiger partial charge on any atom is -0.395 e. The van der Waals surface area contributed by atoms with Crippen molar-refractivity contribution in [2.24, 2.45) is 14.1 Å². The summed E-state index contributed by atoms with van der Waals surface area (Å²) in [5.41, 5.74) is 3.32. The number of aryl methyl sites for hydroxylation is 3. The average molecular weight is 411 g/mol. The number of nitrogens with zero attached hydrogens (tertiary/aromatic N) is 3. The number of thioether (sulfide) groups is 1. The molecule has 2 aromatic heterocycles. The molecule has 0 bridgehead atoms. The molecule has 0 unspecified atom stereocenters. The van der Waals surface area contributed by atoms with Gasteiger partial charge in [-0.15, -0.1) is 0 Å². The molecule has 3 aromatic rings. The lowest BCUT2D eigenvalue weighted by Gasteiger charge is -2.07. The van der Waals surface area contributed by atoms with Crippen LogP contribution in [-0.2, 0) is 20.6 Å². The highest BCUT2D eigenvalue weighted by molar-refractivity contribution is 7.99. The van der Waals surface area contributed by atoms with Gasteiger partial charge < -0.3 is 10.4 Å². The van der Waals surface area contributed by atoms with Crippen molar-refractivity contribution in [3.05, 3.63) is 72.3 Å². The van der Waals surface area contributed by atoms with Crippen molar-refractivity contribution in [2.75, 3.05) is 24.2 Å². The number of imidazole rings is 1. The molecule has 0 aliphatic carbocycles. The molecule has 0 saturated carbocycles. The third-order valence-electron chi connectivity index (χ3n) is 4.67. The van der Waals surface area contributed by atoms with Crippen molar-refractivity contribution in [3.63, 3.8) is 0 Å². The molecule has 0 radical (unpaired) electrons. The highest BCUT2D eigenvalue weighted by Crippen LogP contribution is 2.18. The van der Waals surface area contributed by atoms with Crippen LogP contribution in [0.4, 0.5) is 5.69 Å². The van der Waals surface area contributed by atoms with Gasteiger partial charge in [-0.05, 0) is 29.0 Å². The largest absolute Gasteiger partial charge is 0.395 e. The van der Waals surface area contributed by atoms with Crippen LogP contribution in [0.5, 0.6) is 0 Å². The maximum Gasteiger partial charge on any atom is 0.317 e. The van der Waals surface area contributed by atoms with Gasteiger partial charge >= 0.3 is 5.16 Å². The quantitative estimate of drug-likeness (QED) is 0.307. The van der Waals surface area contributed by atoms with Crippen molar-refractivity contribution in [2.45, 2.75) is 18.1 Å². The molecular formula is C23H30N4OS+2. The molecule has 3 rings (SSSR count). The van der Waals surface area contributed by atoms with E-state index in [1.54, 1.807) is 0 Å². The van der Waals surface area contributed by atoms with Crippen LogP contribution in [-0.4, -0.2) is 28.6 Å². The number of aliphatic hydroxyl groups is 1. The highest BCUT2D eigenvalue weighted by atomic mass is 32.2. The fraction of sp³-hybridized carbons (Fsp3) is 0.304. The second-order valence-electron chi connectivity index (χ2n) is 6.94. The van der Waals surface area contributed by atoms with Gasteiger partial charge in [0.05, 0.1) is 20.7 Å². The molecule has 0 spiro atoms. The Morgan fingerprint density at radius 2 is 1.90 bits per heavy atom. The van der Waals surface area contributed by atoms with Gasteiger partial charge in [0.1, 0.15) is 18.9 Å². The van der Waals surface area contributed by atoms with Gasteiger partial charge in [-0.1, -0.05) is 30.4 Å². The Kier molecular flexibility index (Phi) is 7.90. The number of hydrogen-bond donors (Lipinski definition) is 2. The van der Waals surface area contributed by atoms with E-state index >= 15 is 0 Å². The molecule has 0 amide bonds. The van der Waals surface area contributed by atoms with E-state index < -0.39 is 0 Å². The molecule has 0 fully saturated rings. The Balaban J connectivity index is 1.51. The highest BCUT2D eigenvalue weighted by Gasteiger charge is 2.11. The van der Waals surface area contributed by atoms with Crippen LogP contribution in [0.15, 0.2) is 66.3 Å². The van der Waals surface area contributed by atoms with E-state index in [1.807, 2.05) is 30.0 Å². The standard InChI is InChI=1S/C23H29N4OS/c1-25-16-17-26(2)23(25)29-19-5-13-27-14-10-20(11-15-27)8-9-21-6-3-4-7-22(21)24-12-18-28/h3-4,6-11,14-17,28H,5,12-13,18-19H2,1-2H3/q+1/p+1. The topological polar surface area (TPSA) is 45.0 Å². The predicted octanol–water partition coefficient (Wildman–Crippen LogP) is 2.89. The van der Waals surface area contributed by atoms with E-state index in [1.165, 1.54) is 10.7 Å². The zero-order valence-corrected chi connectivity index (χ0v) is 18.0. The number of nitrogens with one attached hydrogen (secondary N) is 1. The molecule has 152 valence electrons. The molecule has 2 heterocycles. The SMILES string of the molecule is Cn1cc[n+](C)c1SCCC[n+]1ccc(/C=C/c2ccccc2NCCO)cc1. The molecule has 0 saturated heterocycles. The summed E-state index contributed by atoms with van der Waals surface area (Å²) in [6.45, 7) is 1.69. The van der Waals surface area contributed by atoms with E-state index in [9.17, 15) is 0 Å². The minimum atomic E-state index is 0.124. The summed E-state index contributed by atoms with van der Waals surface area (Å²) in [6, 6.07) is 12.4. The maximum atomic E-state index is 9.02. The normalized spacial score (nSPS) is 11.3. The first-order valence-corrected chi connectivity index (χ1v) is 10.9. The predicted molar refractivity (Wildman–Crippen MR) is 120 cm³/mol. The molecule has 0 aliphatic heterocycles. The van der Waals surface area contributed by atoms with Crippen LogP contribution < -0.4 is 14.5 Å². The van der Waals surface area contributed by atoms with Gasteiger partial charge in [-0.3, -0.25) is 0 Å². The van der Waals surface area contributed by atoms with Crippen molar-refractivity contribution < 1.29 is 14.2 Å². The number of anilines is 1. The van der Waals surface area contributed by atoms with Crippen LogP contribution >= 0.6 is 11.8 Å². The number of benzene rings is 1. The molecule has 29 heavy (non-hydrogen) atoms. The number of aliphatic hydroxyl groups excluding tert-OH is 1. The fourth-order valence-electron chi connectivity index (χ4n) is 3.10. The zero-order valence-electron chi connectivity index (χ0n) is 17.2. The van der Waals surface area contributed by atoms with Crippen LogP contribution in [0.25, 0.3) is 12.2 Å². The molecule has 0 atom stereocenters. The van der Waals surface area contributed by atoms with E-state index in [0.717, 1.165) is 30.0 Å². The summed E-state index contributed by atoms with van der Waals surface area (Å²) < 4.78 is 6.56. The molecule has 5 nitrogen and oxygen atoms in total. The Hall–Kier alpha value is -2.57. The van der Waals surface area contributed by atoms with Crippen molar-refractivity contribution in [1.29, 1.82) is 0 Å². The summed E-state index contributed by atoms with van der Waals surface area (Å²) in [5, 5.41) is 13.5. The lowest BCUT2D eigenvalue weighted by molar-refractivity contribution is -0.709. The molecule has 2 N–H and O–H groups in total. The van der Waals surface area contributed by atoms with Crippen molar-refractivity contribution in [1.82, 2.24) is 4.57 Å². The summed E-state index contributed by atoms with van der Waals surface area (Å²) in [7, 11) is 4.18. The van der Waals surface area contributed by atoms with E-state index in [0.29, 0.717) is 6.54 Å². The Morgan fingerprint density at radius 1 is 1.10 bits per heavy atom. The minimum absolute atomic E-state index is 0.124. The smallest absolute Gasteiger partial charge is 0.317 e. The second-order valence-corrected chi connectivity index (χ2v) is 8.01. The molecule has 0 aliphatic rings. The lowest BCUT2D eigenvalue weighted by atomic mass is 10.1. The van der Waals surface area contributed by atoms with E-state index in [4.69, 9.17) is 5.11 Å². The van der Waals surface area contributed by atoms with Crippen LogP contribution in [0, 0.1) is 0 Å². The van der Waals surface area contributed by atoms with Gasteiger partial charge in [0.2, 0.25) is 0 Å². The number of aromatic nitrogens is 3. The summed E-state index contributed by atoms with van der Waals surface area (Å²) in [4.78, 5) is 0. The molecule has 1 aromatic carbocycles. The van der Waals surface area contributed by atoms with Gasteiger partial charge in [-0.2, -0.15) is 0 Å². The Morgan fingerprint density at radius 3 is 2.62 bits per heavy atom. The van der Waals surface area contributed by atoms with E-state index in [-0.39, 0.29) is 6.61 Å². The van der Waals surface area contributed by atoms with Crippen LogP contribution in [0.1, 0.15) is 17.5 Å². The zero-order chi connectivity index (χ0) is 20.5. The number of pyridine rings is 1. The van der Waals surface area contributed by atoms with Gasteiger partial charge in [0.15, 0.2) is 12.4 Å². The van der Waals surface area contributed by atoms with Crippen LogP contribution in [0.3, 0.4) is 0 Å². The summed E-state index contributed by atoms with van der Waals surface area (Å²) >= 11 is 1.90. The fourth-order valence-corrected chi connectivity index (χ4v) is 4.08. The number of para-hydroxylation sites is 1. The third-order valence-corrected chi connectivity index (χ3v) is 6.00. The first-order valence-electron chi connectivity index (χ1n) is 9.92. The van der Waals surface area contributed by atoms with E-state index in [2.05, 4.69) is 88.3 Å². The second kappa shape index (κ2) is 10.8. The average Bonchev–Trinajstić information content (AvgIpc) is 3.07. The van der Waals surface area contributed by atoms with Crippen molar-refractivity contribution in [3.8, 4) is 0 Å². The summed E-state index contributed by atoms with van der Waals surface area (Å²) in [6.07, 6.45) is 13.8. The number of rotatable bonds is 10. The first kappa shape index (κ1) is 21.1. The number of hydrogen-bond acceptors (Lipinski definition) is 3.